The van der Waals surface area contributed by atoms with E-state index in [2.05, 4.69) is 20.3 Å². The van der Waals surface area contributed by atoms with Gasteiger partial charge in [0.1, 0.15) is 11.4 Å². The molecule has 134 valence electrons. The molecule has 0 saturated carbocycles. The van der Waals surface area contributed by atoms with E-state index in [-0.39, 0.29) is 11.4 Å². The number of ether oxygens (including phenoxy) is 1. The van der Waals surface area contributed by atoms with Crippen molar-refractivity contribution in [3.8, 4) is 17.0 Å². The molecule has 26 heavy (non-hydrogen) atoms. The zero-order chi connectivity index (χ0) is 18.7. The Hall–Kier alpha value is -3.00. The van der Waals surface area contributed by atoms with E-state index in [1.54, 1.807) is 24.3 Å². The number of amides is 1. The van der Waals surface area contributed by atoms with Crippen molar-refractivity contribution in [2.45, 2.75) is 6.36 Å². The Balaban J connectivity index is 1.73. The standard InChI is InChI=1S/C17H11ClF3N3O2/c18-11-6-4-10(5-7-11)14-9-15(24-23-14)16(25)22-12-2-1-3-13(8-12)26-17(19,20)21/h1-9H,(H,22,25)(H,23,24). The van der Waals surface area contributed by atoms with Crippen LogP contribution >= 0.6 is 11.6 Å². The van der Waals surface area contributed by atoms with Gasteiger partial charge in [0.2, 0.25) is 0 Å². The van der Waals surface area contributed by atoms with Crippen molar-refractivity contribution >= 4 is 23.2 Å². The summed E-state index contributed by atoms with van der Waals surface area (Å²) in [6, 6.07) is 13.4. The van der Waals surface area contributed by atoms with Gasteiger partial charge in [0, 0.05) is 22.3 Å². The predicted molar refractivity (Wildman–Crippen MR) is 90.1 cm³/mol. The summed E-state index contributed by atoms with van der Waals surface area (Å²) in [4.78, 5) is 12.2. The molecule has 2 aromatic carbocycles. The van der Waals surface area contributed by atoms with Gasteiger partial charge in [0.15, 0.2) is 0 Å². The molecule has 0 spiro atoms. The number of rotatable bonds is 4. The Bertz CT molecular complexity index is 924. The number of anilines is 1. The molecule has 1 amide bonds. The largest absolute Gasteiger partial charge is 0.573 e. The molecule has 3 aromatic rings. The molecule has 0 saturated heterocycles. The van der Waals surface area contributed by atoms with Gasteiger partial charge in [-0.2, -0.15) is 5.10 Å². The minimum absolute atomic E-state index is 0.150. The second kappa shape index (κ2) is 7.09. The van der Waals surface area contributed by atoms with Crippen molar-refractivity contribution in [2.75, 3.05) is 5.32 Å². The molecule has 2 N–H and O–H groups in total. The highest BCUT2D eigenvalue weighted by Crippen LogP contribution is 2.25. The van der Waals surface area contributed by atoms with Gasteiger partial charge in [0.05, 0.1) is 5.69 Å². The van der Waals surface area contributed by atoms with Crippen LogP contribution in [0.2, 0.25) is 5.02 Å². The number of halogens is 4. The van der Waals surface area contributed by atoms with Crippen molar-refractivity contribution in [1.82, 2.24) is 10.2 Å². The molecule has 0 aliphatic rings. The number of hydrogen-bond acceptors (Lipinski definition) is 3. The molecule has 3 rings (SSSR count). The highest BCUT2D eigenvalue weighted by Gasteiger charge is 2.31. The zero-order valence-corrected chi connectivity index (χ0v) is 13.7. The Morgan fingerprint density at radius 3 is 2.54 bits per heavy atom. The van der Waals surface area contributed by atoms with Crippen LogP contribution in [0.25, 0.3) is 11.3 Å². The Labute approximate surface area is 150 Å². The van der Waals surface area contributed by atoms with E-state index in [9.17, 15) is 18.0 Å². The number of nitrogens with zero attached hydrogens (tertiary/aromatic N) is 1. The minimum atomic E-state index is -4.81. The fourth-order valence-corrected chi connectivity index (χ4v) is 2.30. The highest BCUT2D eigenvalue weighted by atomic mass is 35.5. The van der Waals surface area contributed by atoms with Crippen LogP contribution in [0.4, 0.5) is 18.9 Å². The summed E-state index contributed by atoms with van der Waals surface area (Å²) in [5, 5.41) is 9.68. The van der Waals surface area contributed by atoms with Crippen LogP contribution < -0.4 is 10.1 Å². The summed E-state index contributed by atoms with van der Waals surface area (Å²) < 4.78 is 40.6. The van der Waals surface area contributed by atoms with Gasteiger partial charge in [-0.25, -0.2) is 0 Å². The number of hydrogen-bond donors (Lipinski definition) is 2. The molecule has 1 heterocycles. The van der Waals surface area contributed by atoms with Gasteiger partial charge in [-0.05, 0) is 30.3 Å². The van der Waals surface area contributed by atoms with Crippen molar-refractivity contribution in [1.29, 1.82) is 0 Å². The van der Waals surface area contributed by atoms with Gasteiger partial charge in [-0.15, -0.1) is 13.2 Å². The van der Waals surface area contributed by atoms with E-state index in [0.29, 0.717) is 10.7 Å². The van der Waals surface area contributed by atoms with Crippen molar-refractivity contribution in [3.05, 3.63) is 65.3 Å². The van der Waals surface area contributed by atoms with Gasteiger partial charge >= 0.3 is 6.36 Å². The van der Waals surface area contributed by atoms with E-state index in [0.717, 1.165) is 17.7 Å². The smallest absolute Gasteiger partial charge is 0.406 e. The van der Waals surface area contributed by atoms with Gasteiger partial charge in [0.25, 0.3) is 5.91 Å². The number of carbonyl (C=O) groups is 1. The first kappa shape index (κ1) is 17.8. The number of alkyl halides is 3. The lowest BCUT2D eigenvalue weighted by Crippen LogP contribution is -2.17. The zero-order valence-electron chi connectivity index (χ0n) is 13.0. The molecular formula is C17H11ClF3N3O2. The van der Waals surface area contributed by atoms with E-state index in [1.807, 2.05) is 0 Å². The van der Waals surface area contributed by atoms with Crippen LogP contribution in [-0.4, -0.2) is 22.5 Å². The van der Waals surface area contributed by atoms with Crippen LogP contribution in [0, 0.1) is 0 Å². The lowest BCUT2D eigenvalue weighted by atomic mass is 10.1. The molecule has 9 heteroatoms. The average molecular weight is 382 g/mol. The molecule has 0 atom stereocenters. The summed E-state index contributed by atoms with van der Waals surface area (Å²) >= 11 is 5.82. The van der Waals surface area contributed by atoms with Crippen LogP contribution in [-0.2, 0) is 0 Å². The summed E-state index contributed by atoms with van der Waals surface area (Å²) in [6.07, 6.45) is -4.81. The molecule has 0 unspecified atom stereocenters. The van der Waals surface area contributed by atoms with Crippen LogP contribution in [0.1, 0.15) is 10.5 Å². The fraction of sp³-hybridized carbons (Fsp3) is 0.0588. The van der Waals surface area contributed by atoms with Gasteiger partial charge in [-0.3, -0.25) is 9.89 Å². The summed E-state index contributed by atoms with van der Waals surface area (Å²) in [6.45, 7) is 0. The molecule has 0 fully saturated rings. The number of benzene rings is 2. The third-order valence-corrected chi connectivity index (χ3v) is 3.54. The Morgan fingerprint density at radius 2 is 1.85 bits per heavy atom. The van der Waals surface area contributed by atoms with Crippen LogP contribution in [0.5, 0.6) is 5.75 Å². The molecule has 0 aliphatic carbocycles. The Kier molecular flexibility index (Phi) is 4.85. The maximum atomic E-state index is 12.3. The normalized spacial score (nSPS) is 11.2. The van der Waals surface area contributed by atoms with E-state index < -0.39 is 18.0 Å². The third kappa shape index (κ3) is 4.54. The van der Waals surface area contributed by atoms with Gasteiger partial charge < -0.3 is 10.1 Å². The first-order chi connectivity index (χ1) is 12.3. The number of carbonyl (C=O) groups excluding carboxylic acids is 1. The van der Waals surface area contributed by atoms with Crippen LogP contribution in [0.15, 0.2) is 54.6 Å². The monoisotopic (exact) mass is 381 g/mol. The topological polar surface area (TPSA) is 67.0 Å². The summed E-state index contributed by atoms with van der Waals surface area (Å²) in [5.41, 5.74) is 1.59. The number of H-pyrrole nitrogens is 1. The SMILES string of the molecule is O=C(Nc1cccc(OC(F)(F)F)c1)c1cc(-c2ccc(Cl)cc2)n[nH]1. The Morgan fingerprint density at radius 1 is 1.12 bits per heavy atom. The van der Waals surface area contributed by atoms with E-state index in [4.69, 9.17) is 11.6 Å². The number of aromatic nitrogens is 2. The second-order valence-electron chi connectivity index (χ2n) is 5.20. The molecule has 5 nitrogen and oxygen atoms in total. The molecule has 0 aliphatic heterocycles. The van der Waals surface area contributed by atoms with Gasteiger partial charge in [-0.1, -0.05) is 29.8 Å². The molecule has 0 bridgehead atoms. The minimum Gasteiger partial charge on any atom is -0.406 e. The first-order valence-corrected chi connectivity index (χ1v) is 7.66. The fourth-order valence-electron chi connectivity index (χ4n) is 2.18. The maximum absolute atomic E-state index is 12.3. The molecule has 0 radical (unpaired) electrons. The quantitative estimate of drug-likeness (QED) is 0.676. The third-order valence-electron chi connectivity index (χ3n) is 3.29. The first-order valence-electron chi connectivity index (χ1n) is 7.29. The van der Waals surface area contributed by atoms with E-state index >= 15 is 0 Å². The lowest BCUT2D eigenvalue weighted by Gasteiger charge is -2.10. The molecule has 1 aromatic heterocycles. The highest BCUT2D eigenvalue weighted by molar-refractivity contribution is 6.30. The van der Waals surface area contributed by atoms with Crippen molar-refractivity contribution in [2.24, 2.45) is 0 Å². The van der Waals surface area contributed by atoms with E-state index in [1.165, 1.54) is 18.2 Å². The summed E-state index contributed by atoms with van der Waals surface area (Å²) in [5.74, 6) is -0.983. The average Bonchev–Trinajstić information content (AvgIpc) is 3.04. The summed E-state index contributed by atoms with van der Waals surface area (Å²) in [7, 11) is 0. The van der Waals surface area contributed by atoms with Crippen LogP contribution in [0.3, 0.4) is 0 Å². The number of nitrogens with one attached hydrogen (secondary N) is 2. The maximum Gasteiger partial charge on any atom is 0.573 e. The number of aromatic amines is 1. The van der Waals surface area contributed by atoms with Crippen molar-refractivity contribution in [3.63, 3.8) is 0 Å². The van der Waals surface area contributed by atoms with Crippen molar-refractivity contribution < 1.29 is 22.7 Å². The lowest BCUT2D eigenvalue weighted by molar-refractivity contribution is -0.274. The predicted octanol–water partition coefficient (Wildman–Crippen LogP) is 4.88. The second-order valence-corrected chi connectivity index (χ2v) is 5.64. The molecular weight excluding hydrogens is 371 g/mol.